The first-order valence-corrected chi connectivity index (χ1v) is 8.09. The van der Waals surface area contributed by atoms with E-state index in [1.165, 1.54) is 6.20 Å². The number of aryl methyl sites for hydroxylation is 1. The summed E-state index contributed by atoms with van der Waals surface area (Å²) in [6.07, 6.45) is 1.47. The molecule has 0 saturated heterocycles. The van der Waals surface area contributed by atoms with Crippen LogP contribution in [0.25, 0.3) is 10.9 Å². The first kappa shape index (κ1) is 14.4. The molecular weight excluding hydrogens is 300 g/mol. The monoisotopic (exact) mass is 314 g/mol. The lowest BCUT2D eigenvalue weighted by Gasteiger charge is -2.11. The highest BCUT2D eigenvalue weighted by molar-refractivity contribution is 7.89. The molecule has 0 aliphatic heterocycles. The number of nitrogens with one attached hydrogen (secondary N) is 2. The first-order valence-electron chi connectivity index (χ1n) is 6.61. The molecule has 3 rings (SSSR count). The Morgan fingerprint density at radius 1 is 1.00 bits per heavy atom. The van der Waals surface area contributed by atoms with Gasteiger partial charge in [-0.3, -0.25) is 0 Å². The van der Waals surface area contributed by atoms with Gasteiger partial charge in [-0.05, 0) is 25.1 Å². The van der Waals surface area contributed by atoms with Crippen LogP contribution in [0.15, 0.2) is 59.6 Å². The van der Waals surface area contributed by atoms with Gasteiger partial charge >= 0.3 is 0 Å². The Morgan fingerprint density at radius 2 is 1.73 bits per heavy atom. The fourth-order valence-corrected chi connectivity index (χ4v) is 2.86. The molecular formula is C15H14N4O2S. The number of rotatable bonds is 4. The van der Waals surface area contributed by atoms with Gasteiger partial charge < -0.3 is 5.43 Å². The van der Waals surface area contributed by atoms with E-state index in [1.807, 2.05) is 31.2 Å². The van der Waals surface area contributed by atoms with Crippen LogP contribution in [0.2, 0.25) is 0 Å². The van der Waals surface area contributed by atoms with Crippen LogP contribution in [-0.4, -0.2) is 18.6 Å². The van der Waals surface area contributed by atoms with Gasteiger partial charge in [0, 0.05) is 5.39 Å². The normalized spacial score (nSPS) is 11.5. The Bertz CT molecular complexity index is 903. The van der Waals surface area contributed by atoms with Crippen molar-refractivity contribution in [1.82, 2.24) is 15.0 Å². The summed E-state index contributed by atoms with van der Waals surface area (Å²) in [7, 11) is -3.65. The highest BCUT2D eigenvalue weighted by atomic mass is 32.2. The number of fused-ring (bicyclic) bond motifs is 1. The van der Waals surface area contributed by atoms with Gasteiger partial charge in [0.25, 0.3) is 10.0 Å². The minimum Gasteiger partial charge on any atom is -0.306 e. The number of benzene rings is 2. The van der Waals surface area contributed by atoms with E-state index < -0.39 is 10.0 Å². The zero-order valence-corrected chi connectivity index (χ0v) is 12.6. The number of hydrogen-bond donors (Lipinski definition) is 2. The quantitative estimate of drug-likeness (QED) is 0.722. The van der Waals surface area contributed by atoms with E-state index in [4.69, 9.17) is 0 Å². The molecule has 0 radical (unpaired) electrons. The Morgan fingerprint density at radius 3 is 2.50 bits per heavy atom. The molecule has 112 valence electrons. The lowest BCUT2D eigenvalue weighted by atomic mass is 10.2. The molecule has 0 fully saturated rings. The SMILES string of the molecule is Cc1ccc(S(=O)(=O)NNc2cnnc3ccccc23)cc1. The maximum absolute atomic E-state index is 12.2. The van der Waals surface area contributed by atoms with Crippen LogP contribution in [-0.2, 0) is 10.0 Å². The first-order chi connectivity index (χ1) is 10.6. The van der Waals surface area contributed by atoms with Gasteiger partial charge in [-0.2, -0.15) is 10.2 Å². The van der Waals surface area contributed by atoms with Crippen molar-refractivity contribution >= 4 is 26.6 Å². The minimum absolute atomic E-state index is 0.192. The average molecular weight is 314 g/mol. The molecule has 0 aliphatic carbocycles. The van der Waals surface area contributed by atoms with Crippen molar-refractivity contribution in [2.24, 2.45) is 0 Å². The Balaban J connectivity index is 1.86. The van der Waals surface area contributed by atoms with Gasteiger partial charge in [0.1, 0.15) is 0 Å². The molecule has 6 nitrogen and oxygen atoms in total. The summed E-state index contributed by atoms with van der Waals surface area (Å²) in [6, 6.07) is 14.0. The van der Waals surface area contributed by atoms with Crippen LogP contribution in [0.1, 0.15) is 5.56 Å². The number of anilines is 1. The van der Waals surface area contributed by atoms with Gasteiger partial charge in [-0.15, -0.1) is 4.83 Å². The molecule has 2 aromatic carbocycles. The van der Waals surface area contributed by atoms with E-state index >= 15 is 0 Å². The van der Waals surface area contributed by atoms with Crippen molar-refractivity contribution in [2.45, 2.75) is 11.8 Å². The largest absolute Gasteiger partial charge is 0.306 e. The van der Waals surface area contributed by atoms with E-state index in [0.717, 1.165) is 10.9 Å². The number of nitrogens with zero attached hydrogens (tertiary/aromatic N) is 2. The summed E-state index contributed by atoms with van der Waals surface area (Å²) in [5, 5.41) is 8.62. The molecule has 1 heterocycles. The summed E-state index contributed by atoms with van der Waals surface area (Å²) in [4.78, 5) is 2.55. The van der Waals surface area contributed by atoms with Crippen molar-refractivity contribution < 1.29 is 8.42 Å². The zero-order valence-electron chi connectivity index (χ0n) is 11.8. The topological polar surface area (TPSA) is 84.0 Å². The third-order valence-electron chi connectivity index (χ3n) is 3.20. The van der Waals surface area contributed by atoms with E-state index in [0.29, 0.717) is 11.2 Å². The summed E-state index contributed by atoms with van der Waals surface area (Å²) >= 11 is 0. The maximum Gasteiger partial charge on any atom is 0.257 e. The van der Waals surface area contributed by atoms with Crippen LogP contribution in [0.5, 0.6) is 0 Å². The Hall–Kier alpha value is -2.51. The standard InChI is InChI=1S/C15H14N4O2S/c1-11-6-8-12(9-7-11)22(20,21)19-18-15-10-16-17-14-5-3-2-4-13(14)15/h2-10,19H,1H3,(H,17,18). The van der Waals surface area contributed by atoms with Gasteiger partial charge in [-0.1, -0.05) is 35.9 Å². The summed E-state index contributed by atoms with van der Waals surface area (Å²) in [5.41, 5.74) is 4.92. The highest BCUT2D eigenvalue weighted by Gasteiger charge is 2.13. The van der Waals surface area contributed by atoms with Crippen molar-refractivity contribution in [3.05, 3.63) is 60.3 Å². The number of sulfonamides is 1. The fourth-order valence-electron chi connectivity index (χ4n) is 2.01. The van der Waals surface area contributed by atoms with Gasteiger partial charge in [0.05, 0.1) is 22.3 Å². The number of hydrazine groups is 1. The summed E-state index contributed by atoms with van der Waals surface area (Å²) in [6.45, 7) is 1.90. The molecule has 1 aromatic heterocycles. The lowest BCUT2D eigenvalue weighted by Crippen LogP contribution is -2.29. The van der Waals surface area contributed by atoms with Gasteiger partial charge in [0.2, 0.25) is 0 Å². The molecule has 3 aromatic rings. The van der Waals surface area contributed by atoms with E-state index in [9.17, 15) is 8.42 Å². The molecule has 7 heteroatoms. The fraction of sp³-hybridized carbons (Fsp3) is 0.0667. The second-order valence-electron chi connectivity index (χ2n) is 4.82. The van der Waals surface area contributed by atoms with Crippen LogP contribution < -0.4 is 10.3 Å². The van der Waals surface area contributed by atoms with Crippen LogP contribution in [0, 0.1) is 6.92 Å². The molecule has 0 aliphatic rings. The molecule has 0 atom stereocenters. The van der Waals surface area contributed by atoms with Crippen LogP contribution in [0.4, 0.5) is 5.69 Å². The predicted molar refractivity (Wildman–Crippen MR) is 84.7 cm³/mol. The Kier molecular flexibility index (Phi) is 3.74. The van der Waals surface area contributed by atoms with E-state index in [1.54, 1.807) is 24.3 Å². The maximum atomic E-state index is 12.2. The summed E-state index contributed by atoms with van der Waals surface area (Å²) < 4.78 is 24.5. The van der Waals surface area contributed by atoms with Crippen molar-refractivity contribution in [2.75, 3.05) is 5.43 Å². The van der Waals surface area contributed by atoms with Crippen LogP contribution in [0.3, 0.4) is 0 Å². The van der Waals surface area contributed by atoms with Gasteiger partial charge in [-0.25, -0.2) is 8.42 Å². The summed E-state index contributed by atoms with van der Waals surface area (Å²) in [5.74, 6) is 0. The predicted octanol–water partition coefficient (Wildman–Crippen LogP) is 2.24. The molecule has 0 amide bonds. The van der Waals surface area contributed by atoms with Crippen molar-refractivity contribution in [1.29, 1.82) is 0 Å². The van der Waals surface area contributed by atoms with Crippen molar-refractivity contribution in [3.8, 4) is 0 Å². The molecule has 0 saturated carbocycles. The molecule has 0 spiro atoms. The van der Waals surface area contributed by atoms with E-state index in [-0.39, 0.29) is 4.90 Å². The van der Waals surface area contributed by atoms with E-state index in [2.05, 4.69) is 20.5 Å². The lowest BCUT2D eigenvalue weighted by molar-refractivity contribution is 0.588. The Labute approximate surface area is 128 Å². The molecule has 22 heavy (non-hydrogen) atoms. The molecule has 0 unspecified atom stereocenters. The second-order valence-corrected chi connectivity index (χ2v) is 6.50. The molecule has 2 N–H and O–H groups in total. The van der Waals surface area contributed by atoms with Crippen molar-refractivity contribution in [3.63, 3.8) is 0 Å². The third-order valence-corrected chi connectivity index (χ3v) is 4.46. The van der Waals surface area contributed by atoms with Gasteiger partial charge in [0.15, 0.2) is 0 Å². The smallest absolute Gasteiger partial charge is 0.257 e. The highest BCUT2D eigenvalue weighted by Crippen LogP contribution is 2.19. The van der Waals surface area contributed by atoms with Crippen LogP contribution >= 0.6 is 0 Å². The second kappa shape index (κ2) is 5.70. The number of aromatic nitrogens is 2. The number of hydrogen-bond acceptors (Lipinski definition) is 5. The molecule has 0 bridgehead atoms. The minimum atomic E-state index is -3.65. The third kappa shape index (κ3) is 2.90. The zero-order chi connectivity index (χ0) is 15.6. The average Bonchev–Trinajstić information content (AvgIpc) is 2.53.